The second-order valence-electron chi connectivity index (χ2n) is 6.32. The highest BCUT2D eigenvalue weighted by atomic mass is 14.0. The molecule has 0 aliphatic rings. The summed E-state index contributed by atoms with van der Waals surface area (Å²) < 4.78 is 0. The molecule has 19 heavy (non-hydrogen) atoms. The number of hydrogen-bond donors (Lipinski definition) is 0. The van der Waals surface area contributed by atoms with Crippen LogP contribution in [0.2, 0.25) is 19.0 Å². The van der Waals surface area contributed by atoms with Crippen molar-refractivity contribution in [3.63, 3.8) is 0 Å². The number of hydrogen-bond acceptors (Lipinski definition) is 0. The summed E-state index contributed by atoms with van der Waals surface area (Å²) in [5.74, 6) is 0. The Hall–Kier alpha value is -0.715. The Labute approximate surface area is 120 Å². The van der Waals surface area contributed by atoms with Gasteiger partial charge in [-0.05, 0) is 0 Å². The number of unbranched alkanes of at least 4 members (excludes halogenated alkanes) is 3. The van der Waals surface area contributed by atoms with Crippen LogP contribution in [0.15, 0.2) is 30.3 Å². The predicted octanol–water partition coefficient (Wildman–Crippen LogP) is 5.74. The lowest BCUT2D eigenvalue weighted by Crippen LogP contribution is -2.47. The zero-order valence-corrected chi connectivity index (χ0v) is 13.3. The summed E-state index contributed by atoms with van der Waals surface area (Å²) in [4.78, 5) is 0. The molecular formula is C18H32B-. The molecule has 0 radical (unpaired) electrons. The van der Waals surface area contributed by atoms with Crippen LogP contribution < -0.4 is 5.46 Å². The monoisotopic (exact) mass is 259 g/mol. The van der Waals surface area contributed by atoms with Crippen molar-refractivity contribution in [2.24, 2.45) is 0 Å². The van der Waals surface area contributed by atoms with Gasteiger partial charge in [-0.15, -0.1) is 0 Å². The second-order valence-corrected chi connectivity index (χ2v) is 6.32. The summed E-state index contributed by atoms with van der Waals surface area (Å²) in [6.07, 6.45) is 12.1. The third-order valence-electron chi connectivity index (χ3n) is 4.84. The van der Waals surface area contributed by atoms with Crippen molar-refractivity contribution >= 4 is 11.6 Å². The summed E-state index contributed by atoms with van der Waals surface area (Å²) >= 11 is 0. The van der Waals surface area contributed by atoms with Gasteiger partial charge in [0, 0.05) is 6.15 Å². The van der Waals surface area contributed by atoms with Crippen LogP contribution in [0.4, 0.5) is 0 Å². The molecule has 0 nitrogen and oxygen atoms in total. The van der Waals surface area contributed by atoms with E-state index >= 15 is 0 Å². The van der Waals surface area contributed by atoms with Gasteiger partial charge >= 0.3 is 0 Å². The van der Waals surface area contributed by atoms with E-state index in [0.29, 0.717) is 0 Å². The van der Waals surface area contributed by atoms with Crippen LogP contribution in [-0.2, 0) is 0 Å². The first-order valence-corrected chi connectivity index (χ1v) is 8.55. The Balaban J connectivity index is 2.94. The van der Waals surface area contributed by atoms with Gasteiger partial charge in [0.1, 0.15) is 0 Å². The summed E-state index contributed by atoms with van der Waals surface area (Å²) in [5, 5.41) is 0. The lowest BCUT2D eigenvalue weighted by atomic mass is 9.16. The highest BCUT2D eigenvalue weighted by molar-refractivity contribution is 6.91. The Morgan fingerprint density at radius 2 is 1.11 bits per heavy atom. The van der Waals surface area contributed by atoms with E-state index in [1.54, 1.807) is 5.46 Å². The van der Waals surface area contributed by atoms with E-state index in [2.05, 4.69) is 51.1 Å². The first-order valence-electron chi connectivity index (χ1n) is 8.55. The molecule has 0 bridgehead atoms. The fraction of sp³-hybridized carbons (Fsp3) is 0.667. The molecule has 1 aromatic carbocycles. The molecule has 0 heterocycles. The van der Waals surface area contributed by atoms with E-state index in [9.17, 15) is 0 Å². The maximum atomic E-state index is 2.39. The van der Waals surface area contributed by atoms with Crippen LogP contribution in [0.1, 0.15) is 59.3 Å². The van der Waals surface area contributed by atoms with Gasteiger partial charge in [-0.2, -0.15) is 19.0 Å². The van der Waals surface area contributed by atoms with E-state index in [1.807, 2.05) is 0 Å². The average molecular weight is 259 g/mol. The summed E-state index contributed by atoms with van der Waals surface area (Å²) in [7, 11) is 0. The molecule has 0 aliphatic heterocycles. The standard InChI is InChI=1S/C18H32B/c1-4-7-15-19(16-8-5-2,17-9-6-3)18-13-11-10-12-14-18/h10-14H,4-9,15-17H2,1-3H3/q-1. The fourth-order valence-electron chi connectivity index (χ4n) is 3.58. The highest BCUT2D eigenvalue weighted by Gasteiger charge is 2.24. The van der Waals surface area contributed by atoms with Gasteiger partial charge in [0.05, 0.1) is 0 Å². The van der Waals surface area contributed by atoms with Crippen LogP contribution >= 0.6 is 0 Å². The molecular weight excluding hydrogens is 227 g/mol. The first kappa shape index (κ1) is 16.3. The molecule has 0 spiro atoms. The second kappa shape index (κ2) is 9.23. The van der Waals surface area contributed by atoms with Crippen molar-refractivity contribution < 1.29 is 0 Å². The van der Waals surface area contributed by atoms with Gasteiger partial charge in [0.25, 0.3) is 0 Å². The van der Waals surface area contributed by atoms with E-state index in [4.69, 9.17) is 0 Å². The molecule has 0 amide bonds. The molecule has 0 fully saturated rings. The van der Waals surface area contributed by atoms with Gasteiger partial charge in [-0.3, -0.25) is 0 Å². The van der Waals surface area contributed by atoms with Gasteiger partial charge in [0.2, 0.25) is 0 Å². The van der Waals surface area contributed by atoms with Gasteiger partial charge in [-0.1, -0.05) is 89.6 Å². The van der Waals surface area contributed by atoms with E-state index in [1.165, 1.54) is 57.5 Å². The third kappa shape index (κ3) is 5.05. The molecule has 1 rings (SSSR count). The van der Waals surface area contributed by atoms with Crippen LogP contribution in [-0.4, -0.2) is 6.15 Å². The molecule has 1 aromatic rings. The van der Waals surface area contributed by atoms with Crippen molar-refractivity contribution in [3.8, 4) is 0 Å². The van der Waals surface area contributed by atoms with Crippen molar-refractivity contribution in [3.05, 3.63) is 30.3 Å². The zero-order valence-electron chi connectivity index (χ0n) is 13.3. The van der Waals surface area contributed by atoms with Crippen LogP contribution in [0.3, 0.4) is 0 Å². The first-order chi connectivity index (χ1) is 9.29. The average Bonchev–Trinajstić information content (AvgIpc) is 2.48. The molecule has 108 valence electrons. The van der Waals surface area contributed by atoms with Crippen LogP contribution in [0.25, 0.3) is 0 Å². The topological polar surface area (TPSA) is 0 Å². The third-order valence-corrected chi connectivity index (χ3v) is 4.84. The van der Waals surface area contributed by atoms with E-state index in [0.717, 1.165) is 0 Å². The smallest absolute Gasteiger partial charge is 0.0279 e. The quantitative estimate of drug-likeness (QED) is 0.470. The molecule has 0 saturated carbocycles. The molecule has 0 aliphatic carbocycles. The van der Waals surface area contributed by atoms with Gasteiger partial charge in [0.15, 0.2) is 0 Å². The molecule has 1 heteroatoms. The highest BCUT2D eigenvalue weighted by Crippen LogP contribution is 2.28. The normalized spacial score (nSPS) is 11.7. The van der Waals surface area contributed by atoms with Crippen molar-refractivity contribution in [2.75, 3.05) is 0 Å². The van der Waals surface area contributed by atoms with Crippen LogP contribution in [0.5, 0.6) is 0 Å². The molecule has 0 atom stereocenters. The Kier molecular flexibility index (Phi) is 7.94. The lowest BCUT2D eigenvalue weighted by Gasteiger charge is -2.41. The molecule has 0 unspecified atom stereocenters. The number of benzene rings is 1. The SMILES string of the molecule is CCCC[B-](CCCC)(CCCC)c1ccccc1. The zero-order chi connectivity index (χ0) is 14.0. The van der Waals surface area contributed by atoms with Crippen molar-refractivity contribution in [1.82, 2.24) is 0 Å². The largest absolute Gasteiger partial charge is 0.210 e. The van der Waals surface area contributed by atoms with Gasteiger partial charge in [-0.25, -0.2) is 5.46 Å². The van der Waals surface area contributed by atoms with Crippen molar-refractivity contribution in [2.45, 2.75) is 78.3 Å². The molecule has 0 N–H and O–H groups in total. The maximum Gasteiger partial charge on any atom is 0.0279 e. The summed E-state index contributed by atoms with van der Waals surface area (Å²) in [6.45, 7) is 6.97. The minimum atomic E-state index is -0.309. The Morgan fingerprint density at radius 3 is 1.47 bits per heavy atom. The maximum absolute atomic E-state index is 2.39. The van der Waals surface area contributed by atoms with E-state index < -0.39 is 0 Å². The minimum absolute atomic E-state index is 0.309. The summed E-state index contributed by atoms with van der Waals surface area (Å²) in [5.41, 5.74) is 1.65. The molecule has 0 saturated heterocycles. The number of rotatable bonds is 10. The van der Waals surface area contributed by atoms with E-state index in [-0.39, 0.29) is 6.15 Å². The predicted molar refractivity (Wildman–Crippen MR) is 91.0 cm³/mol. The van der Waals surface area contributed by atoms with Crippen LogP contribution in [0, 0.1) is 0 Å². The van der Waals surface area contributed by atoms with Gasteiger partial charge < -0.3 is 0 Å². The Bertz CT molecular complexity index is 296. The summed E-state index contributed by atoms with van der Waals surface area (Å²) in [6, 6.07) is 11.4. The minimum Gasteiger partial charge on any atom is -0.210 e. The molecule has 0 aromatic heterocycles. The fourth-order valence-corrected chi connectivity index (χ4v) is 3.58. The van der Waals surface area contributed by atoms with Crippen molar-refractivity contribution in [1.29, 1.82) is 0 Å². The lowest BCUT2D eigenvalue weighted by molar-refractivity contribution is 0.800. The Morgan fingerprint density at radius 1 is 0.684 bits per heavy atom.